The summed E-state index contributed by atoms with van der Waals surface area (Å²) in [6.45, 7) is 0.772. The van der Waals surface area contributed by atoms with Crippen molar-refractivity contribution < 1.29 is 40.0 Å². The summed E-state index contributed by atoms with van der Waals surface area (Å²) in [4.78, 5) is 0. The molecule has 0 unspecified atom stereocenters. The summed E-state index contributed by atoms with van der Waals surface area (Å²) < 4.78 is 79.4. The van der Waals surface area contributed by atoms with Crippen molar-refractivity contribution in [1.29, 1.82) is 0 Å². The van der Waals surface area contributed by atoms with Crippen LogP contribution in [-0.2, 0) is 30.2 Å². The first-order chi connectivity index (χ1) is 11.7. The van der Waals surface area contributed by atoms with Gasteiger partial charge in [-0.2, -0.15) is 21.6 Å². The van der Waals surface area contributed by atoms with Crippen LogP contribution in [0.4, 0.5) is 13.2 Å². The van der Waals surface area contributed by atoms with E-state index in [0.717, 1.165) is 0 Å². The molecule has 0 aromatic heterocycles. The topological polar surface area (TPSA) is 71.1 Å². The Morgan fingerprint density at radius 3 is 2.64 bits per heavy atom. The van der Waals surface area contributed by atoms with E-state index in [4.69, 9.17) is 14.2 Å². The minimum absolute atomic E-state index is 0.0101. The number of fused-ring (bicyclic) bond motifs is 1. The van der Waals surface area contributed by atoms with E-state index >= 15 is 0 Å². The SMILES string of the molecule is COCCOCOc1ccc2c(c1)CCC=C2OS(=O)(=O)C(F)(F)F. The Balaban J connectivity index is 2.07. The Morgan fingerprint density at radius 2 is 1.96 bits per heavy atom. The zero-order valence-electron chi connectivity index (χ0n) is 13.3. The van der Waals surface area contributed by atoms with Crippen LogP contribution < -0.4 is 4.74 Å². The Morgan fingerprint density at radius 1 is 1.20 bits per heavy atom. The number of methoxy groups -OCH3 is 1. The average Bonchev–Trinajstić information content (AvgIpc) is 2.53. The molecule has 25 heavy (non-hydrogen) atoms. The molecule has 0 saturated carbocycles. The van der Waals surface area contributed by atoms with Gasteiger partial charge in [0.05, 0.1) is 13.2 Å². The fraction of sp³-hybridized carbons (Fsp3) is 0.467. The predicted octanol–water partition coefficient (Wildman–Crippen LogP) is 2.84. The van der Waals surface area contributed by atoms with Crippen molar-refractivity contribution in [2.75, 3.05) is 27.1 Å². The number of rotatable bonds is 8. The molecule has 2 rings (SSSR count). The van der Waals surface area contributed by atoms with Gasteiger partial charge in [-0.15, -0.1) is 0 Å². The number of benzene rings is 1. The maximum Gasteiger partial charge on any atom is 0.534 e. The van der Waals surface area contributed by atoms with Gasteiger partial charge in [-0.25, -0.2) is 0 Å². The summed E-state index contributed by atoms with van der Waals surface area (Å²) in [5.74, 6) is 0.123. The van der Waals surface area contributed by atoms with E-state index in [9.17, 15) is 21.6 Å². The van der Waals surface area contributed by atoms with Crippen LogP contribution in [0.1, 0.15) is 17.5 Å². The van der Waals surface area contributed by atoms with Gasteiger partial charge in [0.15, 0.2) is 6.79 Å². The quantitative estimate of drug-likeness (QED) is 0.298. The van der Waals surface area contributed by atoms with E-state index in [1.165, 1.54) is 18.2 Å². The van der Waals surface area contributed by atoms with Gasteiger partial charge in [0, 0.05) is 12.7 Å². The summed E-state index contributed by atoms with van der Waals surface area (Å²) >= 11 is 0. The van der Waals surface area contributed by atoms with Gasteiger partial charge in [-0.1, -0.05) is 0 Å². The van der Waals surface area contributed by atoms with E-state index in [1.54, 1.807) is 13.2 Å². The molecule has 0 amide bonds. The standard InChI is InChI=1S/C15H17F3O6S/c1-21-7-8-22-10-23-12-5-6-13-11(9-12)3-2-4-14(13)24-25(19,20)15(16,17)18/h4-6,9H,2-3,7-8,10H2,1H3. The molecule has 10 heteroatoms. The lowest BCUT2D eigenvalue weighted by atomic mass is 9.96. The molecule has 0 aliphatic heterocycles. The van der Waals surface area contributed by atoms with Gasteiger partial charge in [0.25, 0.3) is 0 Å². The minimum Gasteiger partial charge on any atom is -0.468 e. The van der Waals surface area contributed by atoms with Crippen molar-refractivity contribution in [1.82, 2.24) is 0 Å². The number of ether oxygens (including phenoxy) is 3. The lowest BCUT2D eigenvalue weighted by Crippen LogP contribution is -2.25. The van der Waals surface area contributed by atoms with Crippen molar-refractivity contribution in [3.05, 3.63) is 35.4 Å². The van der Waals surface area contributed by atoms with Crippen molar-refractivity contribution in [3.63, 3.8) is 0 Å². The minimum atomic E-state index is -5.70. The highest BCUT2D eigenvalue weighted by atomic mass is 32.2. The number of allylic oxidation sites excluding steroid dienone is 1. The zero-order chi connectivity index (χ0) is 18.5. The Hall–Kier alpha value is -1.78. The molecule has 0 atom stereocenters. The number of hydrogen-bond acceptors (Lipinski definition) is 6. The van der Waals surface area contributed by atoms with Crippen LogP contribution in [0.2, 0.25) is 0 Å². The molecule has 1 aliphatic carbocycles. The largest absolute Gasteiger partial charge is 0.534 e. The predicted molar refractivity (Wildman–Crippen MR) is 82.1 cm³/mol. The normalized spacial score (nSPS) is 14.6. The van der Waals surface area contributed by atoms with Gasteiger partial charge < -0.3 is 18.4 Å². The highest BCUT2D eigenvalue weighted by Gasteiger charge is 2.49. The third-order valence-electron chi connectivity index (χ3n) is 3.31. The Bertz CT molecular complexity index is 727. The molecule has 6 nitrogen and oxygen atoms in total. The molecule has 0 spiro atoms. The molecule has 1 aromatic carbocycles. The molecular weight excluding hydrogens is 365 g/mol. The Kier molecular flexibility index (Phi) is 6.31. The van der Waals surface area contributed by atoms with Crippen molar-refractivity contribution in [2.24, 2.45) is 0 Å². The van der Waals surface area contributed by atoms with E-state index < -0.39 is 15.6 Å². The van der Waals surface area contributed by atoms with Crippen LogP contribution in [0.15, 0.2) is 24.3 Å². The van der Waals surface area contributed by atoms with Gasteiger partial charge >= 0.3 is 15.6 Å². The molecule has 0 N–H and O–H groups in total. The monoisotopic (exact) mass is 382 g/mol. The third kappa shape index (κ3) is 5.10. The second-order valence-electron chi connectivity index (χ2n) is 5.07. The van der Waals surface area contributed by atoms with E-state index in [1.807, 2.05) is 0 Å². The van der Waals surface area contributed by atoms with Crippen molar-refractivity contribution >= 4 is 15.9 Å². The lowest BCUT2D eigenvalue weighted by molar-refractivity contribution is -0.0509. The molecule has 1 aliphatic rings. The first-order valence-electron chi connectivity index (χ1n) is 7.28. The number of alkyl halides is 3. The highest BCUT2D eigenvalue weighted by molar-refractivity contribution is 7.87. The summed E-state index contributed by atoms with van der Waals surface area (Å²) in [7, 11) is -4.16. The molecule has 0 saturated heterocycles. The first kappa shape index (κ1) is 19.5. The van der Waals surface area contributed by atoms with Crippen molar-refractivity contribution in [2.45, 2.75) is 18.3 Å². The summed E-state index contributed by atoms with van der Waals surface area (Å²) in [5, 5.41) is 0. The maximum atomic E-state index is 12.5. The van der Waals surface area contributed by atoms with Crippen LogP contribution in [0, 0.1) is 0 Å². The zero-order valence-corrected chi connectivity index (χ0v) is 14.2. The second-order valence-corrected chi connectivity index (χ2v) is 6.61. The second kappa shape index (κ2) is 8.07. The fourth-order valence-corrected chi connectivity index (χ4v) is 2.62. The average molecular weight is 382 g/mol. The maximum absolute atomic E-state index is 12.5. The van der Waals surface area contributed by atoms with Gasteiger partial charge in [0.2, 0.25) is 0 Å². The van der Waals surface area contributed by atoms with Crippen LogP contribution in [-0.4, -0.2) is 41.0 Å². The van der Waals surface area contributed by atoms with Crippen LogP contribution in [0.25, 0.3) is 5.76 Å². The number of hydrogen-bond donors (Lipinski definition) is 0. The van der Waals surface area contributed by atoms with Crippen LogP contribution >= 0.6 is 0 Å². The molecule has 0 fully saturated rings. The fourth-order valence-electron chi connectivity index (χ4n) is 2.13. The van der Waals surface area contributed by atoms with E-state index in [-0.39, 0.29) is 18.1 Å². The lowest BCUT2D eigenvalue weighted by Gasteiger charge is -2.19. The van der Waals surface area contributed by atoms with Gasteiger partial charge in [-0.3, -0.25) is 0 Å². The van der Waals surface area contributed by atoms with E-state index in [2.05, 4.69) is 4.18 Å². The highest BCUT2D eigenvalue weighted by Crippen LogP contribution is 2.35. The molecule has 1 aromatic rings. The third-order valence-corrected chi connectivity index (χ3v) is 4.28. The molecule has 0 bridgehead atoms. The first-order valence-corrected chi connectivity index (χ1v) is 8.69. The summed E-state index contributed by atoms with van der Waals surface area (Å²) in [6.07, 6.45) is 2.19. The molecule has 140 valence electrons. The molecule has 0 heterocycles. The summed E-state index contributed by atoms with van der Waals surface area (Å²) in [6, 6.07) is 4.57. The number of halogens is 3. The van der Waals surface area contributed by atoms with Crippen molar-refractivity contribution in [3.8, 4) is 5.75 Å². The summed E-state index contributed by atoms with van der Waals surface area (Å²) in [5.41, 5.74) is -4.57. The van der Waals surface area contributed by atoms with Gasteiger partial charge in [-0.05, 0) is 42.7 Å². The molecule has 0 radical (unpaired) electrons. The number of aryl methyl sites for hydroxylation is 1. The van der Waals surface area contributed by atoms with Crippen LogP contribution in [0.3, 0.4) is 0 Å². The smallest absolute Gasteiger partial charge is 0.468 e. The van der Waals surface area contributed by atoms with Crippen LogP contribution in [0.5, 0.6) is 5.75 Å². The Labute approximate surface area is 143 Å². The van der Waals surface area contributed by atoms with Gasteiger partial charge in [0.1, 0.15) is 11.5 Å². The molecular formula is C15H17F3O6S. The van der Waals surface area contributed by atoms with E-state index in [0.29, 0.717) is 37.4 Å².